The van der Waals surface area contributed by atoms with Gasteiger partial charge in [0, 0.05) is 24.2 Å². The van der Waals surface area contributed by atoms with E-state index in [1.807, 2.05) is 0 Å². The van der Waals surface area contributed by atoms with Gasteiger partial charge in [0.25, 0.3) is 0 Å². The highest BCUT2D eigenvalue weighted by molar-refractivity contribution is 5.72. The average molecular weight is 333 g/mol. The normalized spacial score (nSPS) is 22.9. The third-order valence-corrected chi connectivity index (χ3v) is 5.34. The van der Waals surface area contributed by atoms with Crippen LogP contribution in [0.25, 0.3) is 5.57 Å². The Morgan fingerprint density at radius 2 is 1.76 bits per heavy atom. The molecule has 0 N–H and O–H groups in total. The van der Waals surface area contributed by atoms with Crippen LogP contribution in [0.4, 0.5) is 0 Å². The Kier molecular flexibility index (Phi) is 4.63. The van der Waals surface area contributed by atoms with Crippen LogP contribution < -0.4 is 4.74 Å². The Bertz CT molecular complexity index is 750. The molecule has 0 aromatic heterocycles. The fourth-order valence-corrected chi connectivity index (χ4v) is 4.25. The minimum Gasteiger partial charge on any atom is -0.490 e. The van der Waals surface area contributed by atoms with Crippen molar-refractivity contribution in [2.75, 3.05) is 0 Å². The summed E-state index contributed by atoms with van der Waals surface area (Å²) in [4.78, 5) is 2.69. The van der Waals surface area contributed by atoms with E-state index in [2.05, 4.69) is 79.4 Å². The van der Waals surface area contributed by atoms with Crippen LogP contribution in [0.1, 0.15) is 44.2 Å². The van der Waals surface area contributed by atoms with E-state index < -0.39 is 0 Å². The predicted octanol–water partition coefficient (Wildman–Crippen LogP) is 5.29. The van der Waals surface area contributed by atoms with Gasteiger partial charge in [0.15, 0.2) is 0 Å². The van der Waals surface area contributed by atoms with E-state index in [0.717, 1.165) is 18.7 Å². The van der Waals surface area contributed by atoms with Crippen LogP contribution in [0.2, 0.25) is 0 Å². The highest BCUT2D eigenvalue weighted by atomic mass is 16.5. The maximum atomic E-state index is 6.06. The van der Waals surface area contributed by atoms with Crippen LogP contribution in [-0.4, -0.2) is 23.1 Å². The summed E-state index contributed by atoms with van der Waals surface area (Å²) in [5.74, 6) is 1.03. The van der Waals surface area contributed by atoms with E-state index in [1.54, 1.807) is 0 Å². The third-order valence-electron chi connectivity index (χ3n) is 5.34. The molecule has 2 aliphatic rings. The quantitative estimate of drug-likeness (QED) is 0.737. The SMILES string of the molecule is CC(C)Oc1ccccc1C1=CC2CCC(C1)N2Cc1ccccc1. The topological polar surface area (TPSA) is 12.5 Å². The Morgan fingerprint density at radius 1 is 1.00 bits per heavy atom. The third kappa shape index (κ3) is 3.50. The van der Waals surface area contributed by atoms with Crippen LogP contribution in [0.3, 0.4) is 0 Å². The maximum absolute atomic E-state index is 6.06. The smallest absolute Gasteiger partial charge is 0.127 e. The molecule has 2 aromatic carbocycles. The highest BCUT2D eigenvalue weighted by Crippen LogP contribution is 2.41. The molecule has 0 aliphatic carbocycles. The Morgan fingerprint density at radius 3 is 2.52 bits per heavy atom. The molecule has 25 heavy (non-hydrogen) atoms. The van der Waals surface area contributed by atoms with Crippen molar-refractivity contribution in [3.8, 4) is 5.75 Å². The Balaban J connectivity index is 1.58. The van der Waals surface area contributed by atoms with Crippen molar-refractivity contribution in [1.82, 2.24) is 4.90 Å². The average Bonchev–Trinajstić information content (AvgIpc) is 2.84. The van der Waals surface area contributed by atoms with Crippen LogP contribution in [0.5, 0.6) is 5.75 Å². The van der Waals surface area contributed by atoms with Crippen LogP contribution >= 0.6 is 0 Å². The minimum atomic E-state index is 0.205. The zero-order valence-electron chi connectivity index (χ0n) is 15.2. The van der Waals surface area contributed by atoms with Crippen LogP contribution in [-0.2, 0) is 6.54 Å². The van der Waals surface area contributed by atoms with E-state index in [4.69, 9.17) is 4.74 Å². The molecule has 0 spiro atoms. The minimum absolute atomic E-state index is 0.205. The first-order valence-electron chi connectivity index (χ1n) is 9.47. The predicted molar refractivity (Wildman–Crippen MR) is 104 cm³/mol. The van der Waals surface area contributed by atoms with E-state index in [-0.39, 0.29) is 6.10 Å². The van der Waals surface area contributed by atoms with Gasteiger partial charge < -0.3 is 4.74 Å². The second-order valence-corrected chi connectivity index (χ2v) is 7.52. The first-order chi connectivity index (χ1) is 12.2. The van der Waals surface area contributed by atoms with Crippen LogP contribution in [0, 0.1) is 0 Å². The molecule has 2 bridgehead atoms. The molecule has 2 nitrogen and oxygen atoms in total. The van der Waals surface area contributed by atoms with Crippen molar-refractivity contribution in [2.24, 2.45) is 0 Å². The summed E-state index contributed by atoms with van der Waals surface area (Å²) in [6, 6.07) is 20.6. The van der Waals surface area contributed by atoms with Gasteiger partial charge in [-0.15, -0.1) is 0 Å². The molecule has 2 unspecified atom stereocenters. The van der Waals surface area contributed by atoms with Gasteiger partial charge in [-0.05, 0) is 50.3 Å². The molecule has 2 atom stereocenters. The molecule has 2 aromatic rings. The zero-order valence-corrected chi connectivity index (χ0v) is 15.2. The van der Waals surface area contributed by atoms with Crippen molar-refractivity contribution in [3.63, 3.8) is 0 Å². The second-order valence-electron chi connectivity index (χ2n) is 7.52. The van der Waals surface area contributed by atoms with Crippen molar-refractivity contribution >= 4 is 5.57 Å². The standard InChI is InChI=1S/C23H27NO/c1-17(2)25-23-11-7-6-10-22(23)19-14-20-12-13-21(15-19)24(20)16-18-8-4-3-5-9-18/h3-11,14,17,20-21H,12-13,15-16H2,1-2H3. The van der Waals surface area contributed by atoms with E-state index in [9.17, 15) is 0 Å². The summed E-state index contributed by atoms with van der Waals surface area (Å²) in [6.45, 7) is 5.25. The van der Waals surface area contributed by atoms with E-state index in [1.165, 1.54) is 29.5 Å². The fourth-order valence-electron chi connectivity index (χ4n) is 4.25. The molecule has 4 rings (SSSR count). The number of para-hydroxylation sites is 1. The maximum Gasteiger partial charge on any atom is 0.127 e. The number of hydrogen-bond acceptors (Lipinski definition) is 2. The molecular formula is C23H27NO. The number of ether oxygens (including phenoxy) is 1. The molecule has 2 aliphatic heterocycles. The molecule has 2 heterocycles. The molecule has 2 heteroatoms. The monoisotopic (exact) mass is 333 g/mol. The van der Waals surface area contributed by atoms with Gasteiger partial charge in [0.05, 0.1) is 6.10 Å². The highest BCUT2D eigenvalue weighted by Gasteiger charge is 2.37. The second kappa shape index (κ2) is 7.05. The molecule has 130 valence electrons. The van der Waals surface area contributed by atoms with Crippen molar-refractivity contribution in [2.45, 2.75) is 57.8 Å². The summed E-state index contributed by atoms with van der Waals surface area (Å²) in [5.41, 5.74) is 4.17. The van der Waals surface area contributed by atoms with Crippen molar-refractivity contribution < 1.29 is 4.74 Å². The summed E-state index contributed by atoms with van der Waals surface area (Å²) in [6.07, 6.45) is 6.40. The van der Waals surface area contributed by atoms with Gasteiger partial charge in [0.1, 0.15) is 5.75 Å². The zero-order chi connectivity index (χ0) is 17.2. The van der Waals surface area contributed by atoms with Gasteiger partial charge in [-0.2, -0.15) is 0 Å². The lowest BCUT2D eigenvalue weighted by molar-refractivity contribution is 0.203. The number of hydrogen-bond donors (Lipinski definition) is 0. The lowest BCUT2D eigenvalue weighted by Gasteiger charge is -2.34. The fraction of sp³-hybridized carbons (Fsp3) is 0.391. The first kappa shape index (κ1) is 16.4. The van der Waals surface area contributed by atoms with E-state index >= 15 is 0 Å². The van der Waals surface area contributed by atoms with Crippen molar-refractivity contribution in [3.05, 3.63) is 71.8 Å². The molecule has 1 fully saturated rings. The Hall–Kier alpha value is -2.06. The lowest BCUT2D eigenvalue weighted by Crippen LogP contribution is -2.37. The largest absolute Gasteiger partial charge is 0.490 e. The summed E-state index contributed by atoms with van der Waals surface area (Å²) < 4.78 is 6.06. The van der Waals surface area contributed by atoms with Gasteiger partial charge in [-0.1, -0.05) is 54.6 Å². The summed E-state index contributed by atoms with van der Waals surface area (Å²) in [7, 11) is 0. The van der Waals surface area contributed by atoms with Gasteiger partial charge >= 0.3 is 0 Å². The van der Waals surface area contributed by atoms with Gasteiger partial charge in [-0.3, -0.25) is 4.90 Å². The summed E-state index contributed by atoms with van der Waals surface area (Å²) in [5, 5.41) is 0. The number of fused-ring (bicyclic) bond motifs is 2. The number of nitrogens with zero attached hydrogens (tertiary/aromatic N) is 1. The number of rotatable bonds is 5. The number of benzene rings is 2. The van der Waals surface area contributed by atoms with E-state index in [0.29, 0.717) is 12.1 Å². The van der Waals surface area contributed by atoms with Crippen LogP contribution in [0.15, 0.2) is 60.7 Å². The molecule has 0 radical (unpaired) electrons. The first-order valence-corrected chi connectivity index (χ1v) is 9.47. The molecule has 0 amide bonds. The molecule has 1 saturated heterocycles. The van der Waals surface area contributed by atoms with Crippen molar-refractivity contribution in [1.29, 1.82) is 0 Å². The van der Waals surface area contributed by atoms with Gasteiger partial charge in [0.2, 0.25) is 0 Å². The lowest BCUT2D eigenvalue weighted by atomic mass is 9.93. The Labute approximate surface area is 151 Å². The summed E-state index contributed by atoms with van der Waals surface area (Å²) >= 11 is 0. The van der Waals surface area contributed by atoms with Gasteiger partial charge in [-0.25, -0.2) is 0 Å². The molecular weight excluding hydrogens is 306 g/mol. The molecule has 0 saturated carbocycles.